The van der Waals surface area contributed by atoms with E-state index in [0.29, 0.717) is 45.1 Å². The van der Waals surface area contributed by atoms with Gasteiger partial charge in [-0.05, 0) is 19.1 Å². The van der Waals surface area contributed by atoms with Crippen molar-refractivity contribution >= 4 is 11.9 Å². The maximum absolute atomic E-state index is 13.3. The molecular weight excluding hydrogens is 389 g/mol. The summed E-state index contributed by atoms with van der Waals surface area (Å²) < 4.78 is 24.4. The number of nitrogens with zero attached hydrogens (tertiary/aromatic N) is 4. The average Bonchev–Trinajstić information content (AvgIpc) is 2.76. The van der Waals surface area contributed by atoms with Gasteiger partial charge >= 0.3 is 0 Å². The summed E-state index contributed by atoms with van der Waals surface area (Å²) in [5.74, 6) is 1.19. The highest BCUT2D eigenvalue weighted by Crippen LogP contribution is 2.13. The highest BCUT2D eigenvalue weighted by Gasteiger charge is 2.24. The molecule has 8 nitrogen and oxygen atoms in total. The molecule has 0 saturated carbocycles. The van der Waals surface area contributed by atoms with Crippen LogP contribution >= 0.6 is 0 Å². The van der Waals surface area contributed by atoms with Crippen LogP contribution in [0.3, 0.4) is 0 Å². The molecule has 2 saturated heterocycles. The molecule has 3 rings (SSSR count). The van der Waals surface area contributed by atoms with Crippen LogP contribution in [0, 0.1) is 5.82 Å². The Hall–Kier alpha value is -2.39. The van der Waals surface area contributed by atoms with Gasteiger partial charge in [0.1, 0.15) is 17.7 Å². The Morgan fingerprint density at radius 2 is 1.93 bits per heavy atom. The topological polar surface area (TPSA) is 69.6 Å². The molecule has 2 aliphatic heterocycles. The minimum Gasteiger partial charge on any atom is -0.489 e. The zero-order chi connectivity index (χ0) is 21.3. The summed E-state index contributed by atoms with van der Waals surface area (Å²) in [6, 6.07) is 6.15. The van der Waals surface area contributed by atoms with E-state index in [0.717, 1.165) is 32.1 Å². The molecule has 9 heteroatoms. The van der Waals surface area contributed by atoms with E-state index >= 15 is 0 Å². The number of morpholine rings is 1. The number of carbonyl (C=O) groups excluding carboxylic acids is 1. The van der Waals surface area contributed by atoms with Crippen LogP contribution in [0.25, 0.3) is 0 Å². The number of amides is 1. The minimum atomic E-state index is -0.312. The fraction of sp³-hybridized carbons (Fsp3) is 0.619. The van der Waals surface area contributed by atoms with Gasteiger partial charge in [0.15, 0.2) is 5.96 Å². The molecule has 1 aromatic rings. The predicted octanol–water partition coefficient (Wildman–Crippen LogP) is 0.645. The zero-order valence-electron chi connectivity index (χ0n) is 17.8. The first-order chi connectivity index (χ1) is 14.5. The van der Waals surface area contributed by atoms with Crippen molar-refractivity contribution in [1.82, 2.24) is 20.0 Å². The van der Waals surface area contributed by atoms with Crippen LogP contribution in [0.4, 0.5) is 4.39 Å². The van der Waals surface area contributed by atoms with Crippen LogP contribution in [0.5, 0.6) is 5.75 Å². The van der Waals surface area contributed by atoms with Crippen LogP contribution in [0.2, 0.25) is 0 Å². The lowest BCUT2D eigenvalue weighted by Gasteiger charge is -2.37. The summed E-state index contributed by atoms with van der Waals surface area (Å²) in [7, 11) is 1.76. The first kappa shape index (κ1) is 22.3. The van der Waals surface area contributed by atoms with Crippen molar-refractivity contribution in [3.8, 4) is 5.75 Å². The van der Waals surface area contributed by atoms with Gasteiger partial charge in [-0.3, -0.25) is 14.7 Å². The normalized spacial score (nSPS) is 19.5. The van der Waals surface area contributed by atoms with Crippen LogP contribution in [-0.2, 0) is 9.53 Å². The standard InChI is InChI=1S/C21H32FN5O3/c1-17(30-19-5-3-4-18(22)14-19)15-24-21(23-2)27-8-6-25(7-9-27)16-20(28)26-10-12-29-13-11-26/h3-5,14,17H,6-13,15-16H2,1-2H3,(H,23,24). The average molecular weight is 422 g/mol. The number of carbonyl (C=O) groups is 1. The lowest BCUT2D eigenvalue weighted by Crippen LogP contribution is -2.55. The van der Waals surface area contributed by atoms with Crippen molar-refractivity contribution in [3.05, 3.63) is 30.1 Å². The first-order valence-corrected chi connectivity index (χ1v) is 10.5. The summed E-state index contributed by atoms with van der Waals surface area (Å²) in [5, 5.41) is 3.33. The number of benzene rings is 1. The molecule has 30 heavy (non-hydrogen) atoms. The molecular formula is C21H32FN5O3. The molecule has 0 radical (unpaired) electrons. The molecule has 0 spiro atoms. The third kappa shape index (κ3) is 6.56. The van der Waals surface area contributed by atoms with Crippen LogP contribution in [0.1, 0.15) is 6.92 Å². The van der Waals surface area contributed by atoms with E-state index in [9.17, 15) is 9.18 Å². The molecule has 1 aromatic carbocycles. The highest BCUT2D eigenvalue weighted by molar-refractivity contribution is 5.80. The van der Waals surface area contributed by atoms with Gasteiger partial charge in [0.2, 0.25) is 5.91 Å². The van der Waals surface area contributed by atoms with Gasteiger partial charge in [0.05, 0.1) is 26.3 Å². The summed E-state index contributed by atoms with van der Waals surface area (Å²) in [4.78, 5) is 23.1. The molecule has 2 heterocycles. The number of hydrogen-bond donors (Lipinski definition) is 1. The van der Waals surface area contributed by atoms with Gasteiger partial charge in [-0.2, -0.15) is 0 Å². The Morgan fingerprint density at radius 3 is 2.60 bits per heavy atom. The summed E-state index contributed by atoms with van der Waals surface area (Å²) in [5.41, 5.74) is 0. The van der Waals surface area contributed by atoms with Crippen molar-refractivity contribution < 1.29 is 18.7 Å². The molecule has 0 aromatic heterocycles. The SMILES string of the molecule is CN=C(NCC(C)Oc1cccc(F)c1)N1CCN(CC(=O)N2CCOCC2)CC1. The van der Waals surface area contributed by atoms with Crippen molar-refractivity contribution in [2.75, 3.05) is 72.6 Å². The van der Waals surface area contributed by atoms with E-state index in [2.05, 4.69) is 20.1 Å². The second-order valence-electron chi connectivity index (χ2n) is 7.57. The monoisotopic (exact) mass is 421 g/mol. The van der Waals surface area contributed by atoms with E-state index < -0.39 is 0 Å². The van der Waals surface area contributed by atoms with Crippen LogP contribution < -0.4 is 10.1 Å². The Balaban J connectivity index is 1.39. The van der Waals surface area contributed by atoms with E-state index in [4.69, 9.17) is 9.47 Å². The van der Waals surface area contributed by atoms with Gasteiger partial charge in [0, 0.05) is 52.4 Å². The van der Waals surface area contributed by atoms with Gasteiger partial charge < -0.3 is 24.6 Å². The molecule has 2 fully saturated rings. The van der Waals surface area contributed by atoms with Gasteiger partial charge in [-0.15, -0.1) is 0 Å². The first-order valence-electron chi connectivity index (χ1n) is 10.5. The molecule has 1 unspecified atom stereocenters. The summed E-state index contributed by atoms with van der Waals surface area (Å²) in [6.45, 7) is 8.79. The van der Waals surface area contributed by atoms with Gasteiger partial charge in [0.25, 0.3) is 0 Å². The quantitative estimate of drug-likeness (QED) is 0.537. The number of halogens is 1. The number of nitrogens with one attached hydrogen (secondary N) is 1. The molecule has 2 aliphatic rings. The van der Waals surface area contributed by atoms with E-state index in [1.54, 1.807) is 19.2 Å². The Bertz CT molecular complexity index is 718. The van der Waals surface area contributed by atoms with Crippen molar-refractivity contribution in [3.63, 3.8) is 0 Å². The Kier molecular flexibility index (Phi) is 8.27. The molecule has 1 amide bonds. The Morgan fingerprint density at radius 1 is 1.20 bits per heavy atom. The van der Waals surface area contributed by atoms with E-state index in [1.807, 2.05) is 11.8 Å². The summed E-state index contributed by atoms with van der Waals surface area (Å²) in [6.07, 6.45) is -0.143. The van der Waals surface area contributed by atoms with Crippen molar-refractivity contribution in [2.24, 2.45) is 4.99 Å². The van der Waals surface area contributed by atoms with E-state index in [-0.39, 0.29) is 17.8 Å². The largest absolute Gasteiger partial charge is 0.489 e. The van der Waals surface area contributed by atoms with Crippen molar-refractivity contribution in [2.45, 2.75) is 13.0 Å². The third-order valence-corrected chi connectivity index (χ3v) is 5.29. The lowest BCUT2D eigenvalue weighted by atomic mass is 10.3. The molecule has 166 valence electrons. The highest BCUT2D eigenvalue weighted by atomic mass is 19.1. The third-order valence-electron chi connectivity index (χ3n) is 5.29. The fourth-order valence-corrected chi connectivity index (χ4v) is 3.60. The number of rotatable bonds is 6. The maximum Gasteiger partial charge on any atom is 0.236 e. The minimum absolute atomic E-state index is 0.143. The second-order valence-corrected chi connectivity index (χ2v) is 7.57. The number of piperazine rings is 1. The summed E-state index contributed by atoms with van der Waals surface area (Å²) >= 11 is 0. The van der Waals surface area contributed by atoms with Gasteiger partial charge in [-0.25, -0.2) is 4.39 Å². The molecule has 0 bridgehead atoms. The van der Waals surface area contributed by atoms with Gasteiger partial charge in [-0.1, -0.05) is 6.07 Å². The Labute approximate surface area is 177 Å². The van der Waals surface area contributed by atoms with E-state index in [1.165, 1.54) is 12.1 Å². The van der Waals surface area contributed by atoms with Crippen LogP contribution in [-0.4, -0.2) is 105 Å². The molecule has 0 aliphatic carbocycles. The smallest absolute Gasteiger partial charge is 0.236 e. The molecule has 1 atom stereocenters. The predicted molar refractivity (Wildman–Crippen MR) is 113 cm³/mol. The van der Waals surface area contributed by atoms with Crippen LogP contribution in [0.15, 0.2) is 29.3 Å². The number of aliphatic imine (C=N–C) groups is 1. The lowest BCUT2D eigenvalue weighted by molar-refractivity contribution is -0.136. The molecule has 1 N–H and O–H groups in total. The number of ether oxygens (including phenoxy) is 2. The zero-order valence-corrected chi connectivity index (χ0v) is 17.8. The maximum atomic E-state index is 13.3. The number of guanidine groups is 1. The van der Waals surface area contributed by atoms with Crippen molar-refractivity contribution in [1.29, 1.82) is 0 Å². The number of hydrogen-bond acceptors (Lipinski definition) is 5. The second kappa shape index (κ2) is 11.1. The fourth-order valence-electron chi connectivity index (χ4n) is 3.60.